The van der Waals surface area contributed by atoms with E-state index in [4.69, 9.17) is 5.11 Å². The van der Waals surface area contributed by atoms with Gasteiger partial charge in [-0.05, 0) is 12.1 Å². The average molecular weight is 300 g/mol. The molecule has 0 unspecified atom stereocenters. The zero-order valence-corrected chi connectivity index (χ0v) is 11.8. The molecule has 1 aromatic carbocycles. The number of aliphatic hydroxyl groups is 1. The highest BCUT2D eigenvalue weighted by Gasteiger charge is 2.28. The fourth-order valence-electron chi connectivity index (χ4n) is 1.84. The summed E-state index contributed by atoms with van der Waals surface area (Å²) >= 11 is 0. The van der Waals surface area contributed by atoms with Gasteiger partial charge in [-0.3, -0.25) is 10.1 Å². The Morgan fingerprint density at radius 3 is 2.60 bits per heavy atom. The molecule has 0 heterocycles. The van der Waals surface area contributed by atoms with Crippen molar-refractivity contribution in [2.45, 2.75) is 4.90 Å². The lowest BCUT2D eigenvalue weighted by atomic mass is 10.2. The fourth-order valence-corrected chi connectivity index (χ4v) is 2.69. The molecule has 110 valence electrons. The standard InChI is InChI=1S/C12H16N2O5S/c1-3-7-13(8-9-15)10-5-4-6-11(20(2,18)19)12(10)14(16)17/h3-6,15H,1,7-9H2,2H3. The molecule has 1 rings (SSSR count). The van der Waals surface area contributed by atoms with Gasteiger partial charge in [0.1, 0.15) is 10.6 Å². The van der Waals surface area contributed by atoms with Crippen LogP contribution in [-0.4, -0.2) is 44.4 Å². The molecule has 0 aliphatic heterocycles. The molecular formula is C12H16N2O5S. The van der Waals surface area contributed by atoms with Gasteiger partial charge < -0.3 is 10.0 Å². The monoisotopic (exact) mass is 300 g/mol. The number of benzene rings is 1. The van der Waals surface area contributed by atoms with Crippen molar-refractivity contribution in [2.24, 2.45) is 0 Å². The molecule has 7 nitrogen and oxygen atoms in total. The maximum atomic E-state index is 11.7. The van der Waals surface area contributed by atoms with E-state index in [2.05, 4.69) is 6.58 Å². The van der Waals surface area contributed by atoms with Gasteiger partial charge in [-0.15, -0.1) is 6.58 Å². The Morgan fingerprint density at radius 1 is 1.50 bits per heavy atom. The zero-order chi connectivity index (χ0) is 15.3. The van der Waals surface area contributed by atoms with Crippen molar-refractivity contribution in [1.29, 1.82) is 0 Å². The van der Waals surface area contributed by atoms with Crippen LogP contribution in [-0.2, 0) is 9.84 Å². The van der Waals surface area contributed by atoms with Crippen LogP contribution in [0.1, 0.15) is 0 Å². The topological polar surface area (TPSA) is 101 Å². The van der Waals surface area contributed by atoms with Crippen molar-refractivity contribution in [2.75, 3.05) is 30.9 Å². The van der Waals surface area contributed by atoms with Gasteiger partial charge in [0.05, 0.1) is 11.5 Å². The summed E-state index contributed by atoms with van der Waals surface area (Å²) in [5.74, 6) is 0. The van der Waals surface area contributed by atoms with Gasteiger partial charge in [0.2, 0.25) is 0 Å². The highest BCUT2D eigenvalue weighted by atomic mass is 32.2. The maximum absolute atomic E-state index is 11.7. The van der Waals surface area contributed by atoms with Gasteiger partial charge >= 0.3 is 5.69 Å². The van der Waals surface area contributed by atoms with Crippen LogP contribution in [0.15, 0.2) is 35.7 Å². The molecule has 0 saturated carbocycles. The van der Waals surface area contributed by atoms with Crippen LogP contribution in [0.25, 0.3) is 0 Å². The van der Waals surface area contributed by atoms with Crippen molar-refractivity contribution in [3.05, 3.63) is 41.0 Å². The molecule has 0 aliphatic rings. The lowest BCUT2D eigenvalue weighted by molar-refractivity contribution is -0.387. The number of nitrogens with zero attached hydrogens (tertiary/aromatic N) is 2. The molecule has 0 amide bonds. The lowest BCUT2D eigenvalue weighted by Gasteiger charge is -2.22. The van der Waals surface area contributed by atoms with Gasteiger partial charge in [0.25, 0.3) is 0 Å². The molecule has 0 aromatic heterocycles. The minimum atomic E-state index is -3.72. The van der Waals surface area contributed by atoms with Crippen molar-refractivity contribution in [3.63, 3.8) is 0 Å². The highest BCUT2D eigenvalue weighted by Crippen LogP contribution is 2.34. The third-order valence-corrected chi connectivity index (χ3v) is 3.75. The largest absolute Gasteiger partial charge is 0.395 e. The van der Waals surface area contributed by atoms with Crippen molar-refractivity contribution in [1.82, 2.24) is 0 Å². The van der Waals surface area contributed by atoms with Crippen LogP contribution in [0.3, 0.4) is 0 Å². The number of nitro groups is 1. The molecule has 1 N–H and O–H groups in total. The molecule has 0 bridgehead atoms. The summed E-state index contributed by atoms with van der Waals surface area (Å²) in [6, 6.07) is 4.08. The molecule has 0 fully saturated rings. The second kappa shape index (κ2) is 6.49. The Balaban J connectivity index is 3.53. The van der Waals surface area contributed by atoms with Gasteiger partial charge in [0.15, 0.2) is 9.84 Å². The summed E-state index contributed by atoms with van der Waals surface area (Å²) in [5.41, 5.74) is -0.336. The number of hydrogen-bond donors (Lipinski definition) is 1. The minimum Gasteiger partial charge on any atom is -0.395 e. The van der Waals surface area contributed by atoms with E-state index >= 15 is 0 Å². The number of sulfone groups is 1. The minimum absolute atomic E-state index is 0.139. The van der Waals surface area contributed by atoms with Gasteiger partial charge in [0, 0.05) is 19.3 Å². The second-order valence-electron chi connectivity index (χ2n) is 4.11. The van der Waals surface area contributed by atoms with Crippen LogP contribution >= 0.6 is 0 Å². The predicted molar refractivity (Wildman–Crippen MR) is 75.7 cm³/mol. The first kappa shape index (κ1) is 16.1. The number of hydrogen-bond acceptors (Lipinski definition) is 6. The molecule has 0 atom stereocenters. The molecule has 0 aliphatic carbocycles. The van der Waals surface area contributed by atoms with Crippen LogP contribution < -0.4 is 4.90 Å². The zero-order valence-electron chi connectivity index (χ0n) is 11.0. The molecule has 1 aromatic rings. The third kappa shape index (κ3) is 3.55. The Morgan fingerprint density at radius 2 is 2.15 bits per heavy atom. The first-order chi connectivity index (χ1) is 9.32. The molecular weight excluding hydrogens is 284 g/mol. The van der Waals surface area contributed by atoms with E-state index in [1.807, 2.05) is 0 Å². The quantitative estimate of drug-likeness (QED) is 0.457. The van der Waals surface area contributed by atoms with E-state index < -0.39 is 20.4 Å². The number of rotatable bonds is 7. The summed E-state index contributed by atoms with van der Waals surface area (Å²) in [6.45, 7) is 3.73. The smallest absolute Gasteiger partial charge is 0.311 e. The van der Waals surface area contributed by atoms with Crippen LogP contribution in [0.2, 0.25) is 0 Å². The molecule has 0 radical (unpaired) electrons. The number of para-hydroxylation sites is 1. The van der Waals surface area contributed by atoms with Crippen LogP contribution in [0.4, 0.5) is 11.4 Å². The summed E-state index contributed by atoms with van der Waals surface area (Å²) in [6.07, 6.45) is 2.44. The van der Waals surface area contributed by atoms with E-state index in [-0.39, 0.29) is 30.3 Å². The van der Waals surface area contributed by atoms with E-state index in [1.165, 1.54) is 29.2 Å². The Labute approximate surface area is 117 Å². The third-order valence-electron chi connectivity index (χ3n) is 2.62. The van der Waals surface area contributed by atoms with E-state index in [1.54, 1.807) is 0 Å². The van der Waals surface area contributed by atoms with E-state index in [0.29, 0.717) is 0 Å². The number of anilines is 1. The summed E-state index contributed by atoms with van der Waals surface area (Å²) in [4.78, 5) is 11.7. The SMILES string of the molecule is C=CCN(CCO)c1cccc(S(C)(=O)=O)c1[N+](=O)[O-]. The van der Waals surface area contributed by atoms with Crippen LogP contribution in [0, 0.1) is 10.1 Å². The van der Waals surface area contributed by atoms with Gasteiger partial charge in [-0.1, -0.05) is 12.1 Å². The van der Waals surface area contributed by atoms with Crippen molar-refractivity contribution in [3.8, 4) is 0 Å². The van der Waals surface area contributed by atoms with Crippen molar-refractivity contribution >= 4 is 21.2 Å². The predicted octanol–water partition coefficient (Wildman–Crippen LogP) is 0.983. The van der Waals surface area contributed by atoms with Crippen molar-refractivity contribution < 1.29 is 18.4 Å². The van der Waals surface area contributed by atoms with Crippen LogP contribution in [0.5, 0.6) is 0 Å². The second-order valence-corrected chi connectivity index (χ2v) is 6.10. The number of nitro benzene ring substituents is 1. The normalized spacial score (nSPS) is 11.1. The summed E-state index contributed by atoms with van der Waals surface area (Å²) < 4.78 is 23.3. The highest BCUT2D eigenvalue weighted by molar-refractivity contribution is 7.90. The Hall–Kier alpha value is -1.93. The van der Waals surface area contributed by atoms with E-state index in [9.17, 15) is 18.5 Å². The summed E-state index contributed by atoms with van der Waals surface area (Å²) in [5, 5.41) is 20.2. The Bertz CT molecular complexity index is 612. The number of aliphatic hydroxyl groups excluding tert-OH is 1. The Kier molecular flexibility index (Phi) is 5.23. The van der Waals surface area contributed by atoms with Gasteiger partial charge in [-0.2, -0.15) is 0 Å². The lowest BCUT2D eigenvalue weighted by Crippen LogP contribution is -2.27. The first-order valence-corrected chi connectivity index (χ1v) is 7.66. The average Bonchev–Trinajstić information content (AvgIpc) is 2.36. The molecule has 0 saturated heterocycles. The molecule has 20 heavy (non-hydrogen) atoms. The van der Waals surface area contributed by atoms with E-state index in [0.717, 1.165) is 6.26 Å². The fraction of sp³-hybridized carbons (Fsp3) is 0.333. The maximum Gasteiger partial charge on any atom is 0.311 e. The van der Waals surface area contributed by atoms with Gasteiger partial charge in [-0.25, -0.2) is 8.42 Å². The molecule has 8 heteroatoms. The first-order valence-electron chi connectivity index (χ1n) is 5.77. The molecule has 0 spiro atoms. The summed E-state index contributed by atoms with van der Waals surface area (Å²) in [7, 11) is -3.72.